The molecule has 1 rings (SSSR count). The Labute approximate surface area is 110 Å². The fraction of sp³-hybridized carbons (Fsp3) is 0.462. The number of esters is 1. The number of carbonyl (C=O) groups excluding carboxylic acids is 1. The molecule has 106 valence electrons. The summed E-state index contributed by atoms with van der Waals surface area (Å²) in [6, 6.07) is 6.22. The lowest BCUT2D eigenvalue weighted by atomic mass is 10.2. The van der Waals surface area contributed by atoms with Gasteiger partial charge in [-0.25, -0.2) is 0 Å². The molecule has 0 bridgehead atoms. The van der Waals surface area contributed by atoms with Gasteiger partial charge in [-0.1, -0.05) is 12.1 Å². The summed E-state index contributed by atoms with van der Waals surface area (Å²) in [5.41, 5.74) is 0. The van der Waals surface area contributed by atoms with Crippen molar-refractivity contribution in [2.45, 2.75) is 25.9 Å². The summed E-state index contributed by atoms with van der Waals surface area (Å²) in [5.74, 6) is -0.00669. The van der Waals surface area contributed by atoms with Gasteiger partial charge in [-0.2, -0.15) is 8.78 Å². The minimum Gasteiger partial charge on any atom is -0.490 e. The number of halogens is 2. The van der Waals surface area contributed by atoms with Gasteiger partial charge in [-0.05, 0) is 25.0 Å². The molecule has 0 N–H and O–H groups in total. The number of ether oxygens (including phenoxy) is 3. The molecule has 6 heteroatoms. The van der Waals surface area contributed by atoms with E-state index in [4.69, 9.17) is 4.74 Å². The van der Waals surface area contributed by atoms with E-state index in [-0.39, 0.29) is 17.5 Å². The third-order valence-corrected chi connectivity index (χ3v) is 2.33. The Balaban J connectivity index is 2.34. The molecule has 0 aliphatic rings. The first-order chi connectivity index (χ1) is 9.13. The summed E-state index contributed by atoms with van der Waals surface area (Å²) in [4.78, 5) is 10.9. The van der Waals surface area contributed by atoms with Gasteiger partial charge >= 0.3 is 12.6 Å². The molecule has 4 nitrogen and oxygen atoms in total. The molecule has 0 saturated carbocycles. The molecule has 0 spiro atoms. The number of unbranched alkanes of at least 4 members (excludes halogenated alkanes) is 1. The summed E-state index contributed by atoms with van der Waals surface area (Å²) in [6.45, 7) is -2.57. The number of methoxy groups -OCH3 is 1. The van der Waals surface area contributed by atoms with Gasteiger partial charge in [0.1, 0.15) is 0 Å². The third kappa shape index (κ3) is 6.03. The molecule has 1 aromatic rings. The Morgan fingerprint density at radius 2 is 1.89 bits per heavy atom. The molecule has 0 saturated heterocycles. The van der Waals surface area contributed by atoms with Gasteiger partial charge in [-0.3, -0.25) is 4.79 Å². The van der Waals surface area contributed by atoms with Crippen LogP contribution in [0.25, 0.3) is 0 Å². The SMILES string of the molecule is COC(=O)CCCCOc1ccccc1OC(F)F. The predicted molar refractivity (Wildman–Crippen MR) is 64.4 cm³/mol. The van der Waals surface area contributed by atoms with Crippen molar-refractivity contribution < 1.29 is 27.8 Å². The van der Waals surface area contributed by atoms with Crippen LogP contribution in [0.1, 0.15) is 19.3 Å². The van der Waals surface area contributed by atoms with E-state index < -0.39 is 6.61 Å². The van der Waals surface area contributed by atoms with Crippen molar-refractivity contribution in [3.8, 4) is 11.5 Å². The summed E-state index contributed by atoms with van der Waals surface area (Å²) >= 11 is 0. The topological polar surface area (TPSA) is 44.8 Å². The van der Waals surface area contributed by atoms with E-state index in [0.717, 1.165) is 0 Å². The van der Waals surface area contributed by atoms with Crippen LogP contribution < -0.4 is 9.47 Å². The highest BCUT2D eigenvalue weighted by molar-refractivity contribution is 5.68. The number of carbonyl (C=O) groups is 1. The molecule has 19 heavy (non-hydrogen) atoms. The Bertz CT molecular complexity index is 396. The molecular formula is C13H16F2O4. The maximum absolute atomic E-state index is 12.1. The molecule has 0 unspecified atom stereocenters. The number of alkyl halides is 2. The molecule has 1 aromatic carbocycles. The van der Waals surface area contributed by atoms with E-state index in [1.54, 1.807) is 18.2 Å². The van der Waals surface area contributed by atoms with Crippen LogP contribution in [0.3, 0.4) is 0 Å². The zero-order valence-electron chi connectivity index (χ0n) is 10.6. The summed E-state index contributed by atoms with van der Waals surface area (Å²) in [6.07, 6.45) is 1.55. The van der Waals surface area contributed by atoms with Gasteiger partial charge in [0.15, 0.2) is 11.5 Å². The van der Waals surface area contributed by atoms with Crippen LogP contribution in [-0.4, -0.2) is 26.3 Å². The Kier molecular flexibility index (Phi) is 6.63. The number of hydrogen-bond acceptors (Lipinski definition) is 4. The standard InChI is InChI=1S/C13H16F2O4/c1-17-12(16)8-4-5-9-18-10-6-2-3-7-11(10)19-13(14)15/h2-3,6-7,13H,4-5,8-9H2,1H3. The van der Waals surface area contributed by atoms with Crippen LogP contribution in [-0.2, 0) is 9.53 Å². The third-order valence-electron chi connectivity index (χ3n) is 2.33. The predicted octanol–water partition coefficient (Wildman–Crippen LogP) is 3.01. The monoisotopic (exact) mass is 274 g/mol. The van der Waals surface area contributed by atoms with Crippen molar-refractivity contribution in [1.29, 1.82) is 0 Å². The van der Waals surface area contributed by atoms with Crippen molar-refractivity contribution in [3.05, 3.63) is 24.3 Å². The average Bonchev–Trinajstić information content (AvgIpc) is 2.39. The lowest BCUT2D eigenvalue weighted by Gasteiger charge is -2.11. The highest BCUT2D eigenvalue weighted by Gasteiger charge is 2.09. The molecule has 0 atom stereocenters. The van der Waals surface area contributed by atoms with Gasteiger partial charge in [0.05, 0.1) is 13.7 Å². The Morgan fingerprint density at radius 3 is 2.53 bits per heavy atom. The number of benzene rings is 1. The van der Waals surface area contributed by atoms with E-state index in [1.807, 2.05) is 0 Å². The van der Waals surface area contributed by atoms with E-state index >= 15 is 0 Å². The highest BCUT2D eigenvalue weighted by Crippen LogP contribution is 2.28. The molecule has 0 aliphatic heterocycles. The van der Waals surface area contributed by atoms with Crippen LogP contribution in [0, 0.1) is 0 Å². The van der Waals surface area contributed by atoms with Gasteiger partial charge < -0.3 is 14.2 Å². The van der Waals surface area contributed by atoms with E-state index in [0.29, 0.717) is 25.9 Å². The lowest BCUT2D eigenvalue weighted by Crippen LogP contribution is -2.06. The van der Waals surface area contributed by atoms with Gasteiger partial charge in [0.2, 0.25) is 0 Å². The van der Waals surface area contributed by atoms with Crippen molar-refractivity contribution in [2.24, 2.45) is 0 Å². The quantitative estimate of drug-likeness (QED) is 0.540. The van der Waals surface area contributed by atoms with Crippen molar-refractivity contribution >= 4 is 5.97 Å². The van der Waals surface area contributed by atoms with Crippen LogP contribution in [0.5, 0.6) is 11.5 Å². The average molecular weight is 274 g/mol. The second-order valence-corrected chi connectivity index (χ2v) is 3.71. The maximum Gasteiger partial charge on any atom is 0.387 e. The molecule has 0 heterocycles. The molecule has 0 radical (unpaired) electrons. The molecule has 0 aliphatic carbocycles. The van der Waals surface area contributed by atoms with Crippen LogP contribution >= 0.6 is 0 Å². The minimum absolute atomic E-state index is 0.00506. The van der Waals surface area contributed by atoms with Crippen molar-refractivity contribution in [3.63, 3.8) is 0 Å². The Hall–Kier alpha value is -1.85. The van der Waals surface area contributed by atoms with E-state index in [2.05, 4.69) is 9.47 Å². The Morgan fingerprint density at radius 1 is 1.21 bits per heavy atom. The van der Waals surface area contributed by atoms with Crippen molar-refractivity contribution in [1.82, 2.24) is 0 Å². The fourth-order valence-corrected chi connectivity index (χ4v) is 1.42. The number of para-hydroxylation sites is 2. The van der Waals surface area contributed by atoms with Gasteiger partial charge in [0, 0.05) is 6.42 Å². The minimum atomic E-state index is -2.89. The highest BCUT2D eigenvalue weighted by atomic mass is 19.3. The van der Waals surface area contributed by atoms with Crippen LogP contribution in [0.2, 0.25) is 0 Å². The largest absolute Gasteiger partial charge is 0.490 e. The summed E-state index contributed by atoms with van der Waals surface area (Å²) in [5, 5.41) is 0. The smallest absolute Gasteiger partial charge is 0.387 e. The zero-order valence-corrected chi connectivity index (χ0v) is 10.6. The normalized spacial score (nSPS) is 10.3. The lowest BCUT2D eigenvalue weighted by molar-refractivity contribution is -0.140. The second-order valence-electron chi connectivity index (χ2n) is 3.71. The van der Waals surface area contributed by atoms with E-state index in [1.165, 1.54) is 13.2 Å². The second kappa shape index (κ2) is 8.29. The van der Waals surface area contributed by atoms with Gasteiger partial charge in [-0.15, -0.1) is 0 Å². The molecule has 0 aromatic heterocycles. The maximum atomic E-state index is 12.1. The number of rotatable bonds is 8. The fourth-order valence-electron chi connectivity index (χ4n) is 1.42. The van der Waals surface area contributed by atoms with Crippen LogP contribution in [0.4, 0.5) is 8.78 Å². The summed E-state index contributed by atoms with van der Waals surface area (Å²) < 4.78 is 38.4. The first-order valence-corrected chi connectivity index (χ1v) is 5.87. The zero-order chi connectivity index (χ0) is 14.1. The van der Waals surface area contributed by atoms with Crippen molar-refractivity contribution in [2.75, 3.05) is 13.7 Å². The van der Waals surface area contributed by atoms with Crippen LogP contribution in [0.15, 0.2) is 24.3 Å². The molecular weight excluding hydrogens is 258 g/mol. The van der Waals surface area contributed by atoms with Gasteiger partial charge in [0.25, 0.3) is 0 Å². The molecule has 0 amide bonds. The summed E-state index contributed by atoms with van der Waals surface area (Å²) in [7, 11) is 1.33. The molecule has 0 fully saturated rings. The van der Waals surface area contributed by atoms with E-state index in [9.17, 15) is 13.6 Å². The first-order valence-electron chi connectivity index (χ1n) is 5.87. The first kappa shape index (κ1) is 15.2. The number of hydrogen-bond donors (Lipinski definition) is 0.